The number of hydrogen-bond acceptors (Lipinski definition) is 7. The Morgan fingerprint density at radius 2 is 1.85 bits per heavy atom. The largest absolute Gasteiger partial charge is 0.348 e. The highest BCUT2D eigenvalue weighted by Crippen LogP contribution is 2.25. The number of hydrogen-bond donors (Lipinski definition) is 1. The summed E-state index contributed by atoms with van der Waals surface area (Å²) >= 11 is 5.90. The molecule has 3 aromatic rings. The van der Waals surface area contributed by atoms with Crippen LogP contribution in [0.5, 0.6) is 0 Å². The second kappa shape index (κ2) is 9.73. The second-order valence-electron chi connectivity index (χ2n) is 9.68. The van der Waals surface area contributed by atoms with Gasteiger partial charge in [-0.05, 0) is 30.7 Å². The van der Waals surface area contributed by atoms with Gasteiger partial charge in [0, 0.05) is 18.6 Å². The van der Waals surface area contributed by atoms with Crippen molar-refractivity contribution in [3.8, 4) is 0 Å². The number of urea groups is 1. The third-order valence-electron chi connectivity index (χ3n) is 6.54. The Morgan fingerprint density at radius 1 is 1.15 bits per heavy atom. The van der Waals surface area contributed by atoms with E-state index in [1.165, 1.54) is 31.1 Å². The smallest absolute Gasteiger partial charge is 0.332 e. The van der Waals surface area contributed by atoms with Crippen molar-refractivity contribution in [3.05, 3.63) is 63.0 Å². The summed E-state index contributed by atoms with van der Waals surface area (Å²) in [5, 5.41) is 3.19. The van der Waals surface area contributed by atoms with Crippen molar-refractivity contribution >= 4 is 52.3 Å². The van der Waals surface area contributed by atoms with Gasteiger partial charge in [0.15, 0.2) is 11.5 Å². The zero-order valence-corrected chi connectivity index (χ0v) is 21.7. The molecule has 0 aliphatic carbocycles. The fourth-order valence-corrected chi connectivity index (χ4v) is 4.51. The molecule has 2 saturated heterocycles. The lowest BCUT2D eigenvalue weighted by molar-refractivity contribution is -0.144. The van der Waals surface area contributed by atoms with Crippen molar-refractivity contribution in [3.63, 3.8) is 0 Å². The van der Waals surface area contributed by atoms with E-state index in [0.29, 0.717) is 5.02 Å². The van der Waals surface area contributed by atoms with Gasteiger partial charge >= 0.3 is 6.03 Å². The van der Waals surface area contributed by atoms with Crippen LogP contribution in [0, 0.1) is 0 Å². The average Bonchev–Trinajstić information content (AvgIpc) is 3.14. The molecule has 0 spiro atoms. The van der Waals surface area contributed by atoms with E-state index < -0.39 is 41.5 Å². The summed E-state index contributed by atoms with van der Waals surface area (Å²) in [5.41, 5.74) is -1.84. The Bertz CT molecular complexity index is 1580. The zero-order chi connectivity index (χ0) is 28.1. The van der Waals surface area contributed by atoms with Gasteiger partial charge < -0.3 is 10.2 Å². The van der Waals surface area contributed by atoms with Crippen LogP contribution in [0.15, 0.2) is 41.3 Å². The van der Waals surface area contributed by atoms with Gasteiger partial charge in [-0.1, -0.05) is 23.7 Å². The average molecular weight is 556 g/mol. The number of nitrogens with one attached hydrogen (secondary N) is 1. The molecule has 202 valence electrons. The first-order chi connectivity index (χ1) is 18.4. The number of carbonyl (C=O) groups is 4. The summed E-state index contributed by atoms with van der Waals surface area (Å²) in [4.78, 5) is 75.7. The summed E-state index contributed by atoms with van der Waals surface area (Å²) in [7, 11) is 1.34. The number of imide groups is 1. The van der Waals surface area contributed by atoms with E-state index in [1.54, 1.807) is 24.3 Å². The first-order valence-electron chi connectivity index (χ1n) is 11.9. The van der Waals surface area contributed by atoms with E-state index in [0.717, 1.165) is 19.9 Å². The first kappa shape index (κ1) is 26.2. The minimum atomic E-state index is -1.51. The Labute approximate surface area is 226 Å². The van der Waals surface area contributed by atoms with E-state index in [-0.39, 0.29) is 48.7 Å². The maximum Gasteiger partial charge on any atom is 0.332 e. The number of alkyl halides is 1. The number of benzene rings is 1. The molecule has 0 atom stereocenters. The molecule has 4 heterocycles. The minimum absolute atomic E-state index is 0.0128. The molecule has 2 aromatic heterocycles. The zero-order valence-electron chi connectivity index (χ0n) is 21.0. The third-order valence-corrected chi connectivity index (χ3v) is 6.79. The fourth-order valence-electron chi connectivity index (χ4n) is 4.39. The van der Waals surface area contributed by atoms with Crippen LogP contribution in [0.1, 0.15) is 22.8 Å². The number of aromatic nitrogens is 3. The van der Waals surface area contributed by atoms with Crippen LogP contribution in [0.3, 0.4) is 0 Å². The Balaban J connectivity index is 1.51. The van der Waals surface area contributed by atoms with Crippen LogP contribution >= 0.6 is 11.6 Å². The lowest BCUT2D eigenvalue weighted by Crippen LogP contribution is -2.60. The summed E-state index contributed by atoms with van der Waals surface area (Å²) < 4.78 is 15.0. The molecular weight excluding hydrogens is 533 g/mol. The van der Waals surface area contributed by atoms with Crippen LogP contribution in [0.2, 0.25) is 5.02 Å². The number of rotatable bonds is 6. The summed E-state index contributed by atoms with van der Waals surface area (Å²) in [6.45, 7) is 0.486. The number of pyridine rings is 1. The minimum Gasteiger partial charge on any atom is -0.348 e. The van der Waals surface area contributed by atoms with E-state index in [9.17, 15) is 28.4 Å². The lowest BCUT2D eigenvalue weighted by Gasteiger charge is -2.42. The molecule has 2 fully saturated rings. The van der Waals surface area contributed by atoms with E-state index in [1.807, 2.05) is 0 Å². The van der Waals surface area contributed by atoms with Gasteiger partial charge in [0.05, 0.1) is 19.3 Å². The maximum atomic E-state index is 14.0. The lowest BCUT2D eigenvalue weighted by atomic mass is 9.99. The molecule has 5 amide bonds. The number of amides is 5. The second-order valence-corrected chi connectivity index (χ2v) is 10.1. The standard InChI is InChI=1S/C25H23ClFN7O5/c1-25(27)12-32(13-25)20(36)11-34-21-17(30-18(9-28-21)33-10-19(35)31(2)24(33)39)7-16(23(34)38)22(37)29-8-14-3-5-15(26)6-4-14/h3-7,9H,8,10-13H2,1-2H3,(H,29,37). The SMILES string of the molecule is CN1C(=O)CN(c2cnc3c(cc(C(=O)NCc4ccc(Cl)cc4)c(=O)n3CC(=O)N3CC(C)(F)C3)n2)C1=O. The van der Waals surface area contributed by atoms with Gasteiger partial charge in [0.25, 0.3) is 17.4 Å². The van der Waals surface area contributed by atoms with E-state index in [2.05, 4.69) is 15.3 Å². The van der Waals surface area contributed by atoms with Crippen molar-refractivity contribution < 1.29 is 23.6 Å². The molecule has 0 bridgehead atoms. The van der Waals surface area contributed by atoms with Crippen LogP contribution in [-0.2, 0) is 22.7 Å². The Morgan fingerprint density at radius 3 is 2.46 bits per heavy atom. The number of likely N-dealkylation sites (N-methyl/N-ethyl adjacent to an activating group) is 1. The molecule has 0 radical (unpaired) electrons. The molecule has 39 heavy (non-hydrogen) atoms. The van der Waals surface area contributed by atoms with Crippen molar-refractivity contribution in [1.82, 2.24) is 29.7 Å². The Hall–Kier alpha value is -4.39. The van der Waals surface area contributed by atoms with Gasteiger partial charge in [0.1, 0.15) is 29.8 Å². The highest BCUT2D eigenvalue weighted by Gasteiger charge is 2.41. The summed E-state index contributed by atoms with van der Waals surface area (Å²) in [6.07, 6.45) is 1.20. The van der Waals surface area contributed by atoms with Gasteiger partial charge in [0.2, 0.25) is 5.91 Å². The molecule has 0 unspecified atom stereocenters. The predicted octanol–water partition coefficient (Wildman–Crippen LogP) is 1.34. The normalized spacial score (nSPS) is 16.6. The maximum absolute atomic E-state index is 14.0. The fraction of sp³-hybridized carbons (Fsp3) is 0.320. The molecular formula is C25H23ClFN7O5. The summed E-state index contributed by atoms with van der Waals surface area (Å²) in [6, 6.07) is 7.37. The number of fused-ring (bicyclic) bond motifs is 1. The molecule has 12 nitrogen and oxygen atoms in total. The molecule has 2 aliphatic rings. The molecule has 2 aliphatic heterocycles. The van der Waals surface area contributed by atoms with Crippen molar-refractivity contribution in [2.45, 2.75) is 25.7 Å². The van der Waals surface area contributed by atoms with Gasteiger partial charge in [-0.25, -0.2) is 19.2 Å². The number of nitrogens with zero attached hydrogens (tertiary/aromatic N) is 6. The Kier molecular flexibility index (Phi) is 6.54. The van der Waals surface area contributed by atoms with Gasteiger partial charge in [-0.2, -0.15) is 0 Å². The highest BCUT2D eigenvalue weighted by molar-refractivity contribution is 6.30. The van der Waals surface area contributed by atoms with E-state index >= 15 is 0 Å². The number of likely N-dealkylation sites (tertiary alicyclic amines) is 1. The number of anilines is 1. The van der Waals surface area contributed by atoms with Gasteiger partial charge in [-0.15, -0.1) is 0 Å². The summed E-state index contributed by atoms with van der Waals surface area (Å²) in [5.74, 6) is -1.66. The topological polar surface area (TPSA) is 138 Å². The van der Waals surface area contributed by atoms with Crippen LogP contribution in [0.4, 0.5) is 15.0 Å². The molecule has 14 heteroatoms. The monoisotopic (exact) mass is 555 g/mol. The van der Waals surface area contributed by atoms with Gasteiger partial charge in [-0.3, -0.25) is 33.5 Å². The third kappa shape index (κ3) is 5.04. The van der Waals surface area contributed by atoms with Crippen LogP contribution < -0.4 is 15.8 Å². The predicted molar refractivity (Wildman–Crippen MR) is 138 cm³/mol. The van der Waals surface area contributed by atoms with E-state index in [4.69, 9.17) is 11.6 Å². The molecule has 1 aromatic carbocycles. The number of carbonyl (C=O) groups excluding carboxylic acids is 4. The first-order valence-corrected chi connectivity index (χ1v) is 12.3. The molecule has 1 N–H and O–H groups in total. The quantitative estimate of drug-likeness (QED) is 0.453. The van der Waals surface area contributed by atoms with Crippen molar-refractivity contribution in [2.24, 2.45) is 0 Å². The number of halogens is 2. The molecule has 5 rings (SSSR count). The van der Waals surface area contributed by atoms with Crippen molar-refractivity contribution in [1.29, 1.82) is 0 Å². The van der Waals surface area contributed by atoms with Crippen LogP contribution in [0.25, 0.3) is 11.2 Å². The highest BCUT2D eigenvalue weighted by atomic mass is 35.5. The van der Waals surface area contributed by atoms with Crippen molar-refractivity contribution in [2.75, 3.05) is 31.6 Å². The molecule has 0 saturated carbocycles. The van der Waals surface area contributed by atoms with Crippen LogP contribution in [-0.4, -0.2) is 80.4 Å².